The van der Waals surface area contributed by atoms with Crippen molar-refractivity contribution in [3.8, 4) is 11.3 Å². The van der Waals surface area contributed by atoms with E-state index in [0.29, 0.717) is 17.7 Å². The van der Waals surface area contributed by atoms with Gasteiger partial charge in [-0.05, 0) is 0 Å². The van der Waals surface area contributed by atoms with Crippen molar-refractivity contribution < 1.29 is 9.32 Å². The largest absolute Gasteiger partial charge is 0.356 e. The van der Waals surface area contributed by atoms with Crippen molar-refractivity contribution in [2.24, 2.45) is 0 Å². The van der Waals surface area contributed by atoms with E-state index in [0.717, 1.165) is 5.56 Å². The summed E-state index contributed by atoms with van der Waals surface area (Å²) in [6.07, 6.45) is 1.91. The number of hydrogen-bond donors (Lipinski definition) is 0. The van der Waals surface area contributed by atoms with Crippen LogP contribution in [0.25, 0.3) is 11.3 Å². The fourth-order valence-electron chi connectivity index (χ4n) is 1.08. The predicted octanol–water partition coefficient (Wildman–Crippen LogP) is 3.57. The Morgan fingerprint density at radius 2 is 1.88 bits per heavy atom. The van der Waals surface area contributed by atoms with Gasteiger partial charge in [-0.2, -0.15) is 0 Å². The van der Waals surface area contributed by atoms with E-state index in [-0.39, 0.29) is 0 Å². The first kappa shape index (κ1) is 12.2. The van der Waals surface area contributed by atoms with Crippen LogP contribution in [-0.2, 0) is 0 Å². The maximum absolute atomic E-state index is 10.3. The minimum atomic E-state index is 0.318. The number of aromatic nitrogens is 1. The molecule has 0 aliphatic rings. The highest BCUT2D eigenvalue weighted by Gasteiger charge is 2.03. The molecule has 0 unspecified atom stereocenters. The SMILES string of the molecule is CCC.O=Cc1cc(-c2ccccc2)on1. The van der Waals surface area contributed by atoms with Crippen molar-refractivity contribution >= 4 is 6.29 Å². The minimum Gasteiger partial charge on any atom is -0.356 e. The van der Waals surface area contributed by atoms with Gasteiger partial charge in [-0.25, -0.2) is 0 Å². The average Bonchev–Trinajstić information content (AvgIpc) is 2.80. The standard InChI is InChI=1S/C10H7NO2.C3H8/c12-7-9-6-10(13-11-9)8-4-2-1-3-5-8;1-3-2/h1-7H;3H2,1-2H3. The molecule has 0 saturated carbocycles. The van der Waals surface area contributed by atoms with Gasteiger partial charge < -0.3 is 4.52 Å². The molecular weight excluding hydrogens is 202 g/mol. The number of rotatable bonds is 2. The van der Waals surface area contributed by atoms with Crippen LogP contribution in [0.4, 0.5) is 0 Å². The fourth-order valence-corrected chi connectivity index (χ4v) is 1.08. The molecule has 3 nitrogen and oxygen atoms in total. The van der Waals surface area contributed by atoms with E-state index in [2.05, 4.69) is 19.0 Å². The zero-order valence-corrected chi connectivity index (χ0v) is 9.51. The van der Waals surface area contributed by atoms with Gasteiger partial charge in [0, 0.05) is 11.6 Å². The number of hydrogen-bond acceptors (Lipinski definition) is 3. The molecule has 0 radical (unpaired) electrons. The summed E-state index contributed by atoms with van der Waals surface area (Å²) in [6, 6.07) is 11.1. The monoisotopic (exact) mass is 217 g/mol. The van der Waals surface area contributed by atoms with Crippen LogP contribution in [0.5, 0.6) is 0 Å². The summed E-state index contributed by atoms with van der Waals surface area (Å²) in [5, 5.41) is 3.57. The van der Waals surface area contributed by atoms with E-state index in [1.54, 1.807) is 6.07 Å². The molecule has 0 fully saturated rings. The molecule has 0 atom stereocenters. The molecule has 16 heavy (non-hydrogen) atoms. The summed E-state index contributed by atoms with van der Waals surface area (Å²) in [5.74, 6) is 0.614. The summed E-state index contributed by atoms with van der Waals surface area (Å²) in [5.41, 5.74) is 1.24. The third-order valence-electron chi connectivity index (χ3n) is 1.71. The third-order valence-corrected chi connectivity index (χ3v) is 1.71. The van der Waals surface area contributed by atoms with Crippen LogP contribution >= 0.6 is 0 Å². The molecule has 0 bridgehead atoms. The first-order valence-electron chi connectivity index (χ1n) is 5.29. The second-order valence-electron chi connectivity index (χ2n) is 3.31. The van der Waals surface area contributed by atoms with Gasteiger partial charge in [-0.3, -0.25) is 4.79 Å². The van der Waals surface area contributed by atoms with Crippen LogP contribution in [-0.4, -0.2) is 11.4 Å². The van der Waals surface area contributed by atoms with Gasteiger partial charge in [0.25, 0.3) is 0 Å². The summed E-state index contributed by atoms with van der Waals surface area (Å²) in [6.45, 7) is 4.25. The lowest BCUT2D eigenvalue weighted by atomic mass is 10.2. The highest BCUT2D eigenvalue weighted by Crippen LogP contribution is 2.18. The fraction of sp³-hybridized carbons (Fsp3) is 0.231. The van der Waals surface area contributed by atoms with Crippen molar-refractivity contribution in [1.82, 2.24) is 5.16 Å². The van der Waals surface area contributed by atoms with Crippen LogP contribution in [0, 0.1) is 0 Å². The average molecular weight is 217 g/mol. The van der Waals surface area contributed by atoms with E-state index in [1.165, 1.54) is 6.42 Å². The van der Waals surface area contributed by atoms with Gasteiger partial charge >= 0.3 is 0 Å². The molecule has 0 aliphatic carbocycles. The normalized spacial score (nSPS) is 9.12. The van der Waals surface area contributed by atoms with Crippen molar-refractivity contribution in [3.05, 3.63) is 42.1 Å². The predicted molar refractivity (Wildman–Crippen MR) is 63.3 cm³/mol. The Balaban J connectivity index is 0.000000386. The molecule has 0 N–H and O–H groups in total. The lowest BCUT2D eigenvalue weighted by Gasteiger charge is -1.91. The molecule has 1 aromatic heterocycles. The van der Waals surface area contributed by atoms with Gasteiger partial charge in [0.15, 0.2) is 12.0 Å². The lowest BCUT2D eigenvalue weighted by Crippen LogP contribution is -1.73. The Kier molecular flexibility index (Phi) is 4.99. The topological polar surface area (TPSA) is 43.1 Å². The second-order valence-corrected chi connectivity index (χ2v) is 3.31. The van der Waals surface area contributed by atoms with E-state index in [4.69, 9.17) is 4.52 Å². The van der Waals surface area contributed by atoms with Crippen LogP contribution < -0.4 is 0 Å². The third kappa shape index (κ3) is 3.35. The van der Waals surface area contributed by atoms with Crippen molar-refractivity contribution in [2.45, 2.75) is 20.3 Å². The summed E-state index contributed by atoms with van der Waals surface area (Å²) in [7, 11) is 0. The lowest BCUT2D eigenvalue weighted by molar-refractivity contribution is 0.111. The van der Waals surface area contributed by atoms with Crippen LogP contribution in [0.2, 0.25) is 0 Å². The molecule has 0 amide bonds. The quantitative estimate of drug-likeness (QED) is 0.722. The molecule has 3 heteroatoms. The molecule has 0 aliphatic heterocycles. The number of carbonyl (C=O) groups is 1. The zero-order chi connectivity index (χ0) is 11.8. The van der Waals surface area contributed by atoms with Crippen molar-refractivity contribution in [1.29, 1.82) is 0 Å². The van der Waals surface area contributed by atoms with Gasteiger partial charge in [-0.1, -0.05) is 55.8 Å². The zero-order valence-electron chi connectivity index (χ0n) is 9.51. The summed E-state index contributed by atoms with van der Waals surface area (Å²) >= 11 is 0. The molecule has 84 valence electrons. The number of benzene rings is 1. The van der Waals surface area contributed by atoms with Gasteiger partial charge in [0.05, 0.1) is 0 Å². The number of nitrogens with zero attached hydrogens (tertiary/aromatic N) is 1. The summed E-state index contributed by atoms with van der Waals surface area (Å²) < 4.78 is 4.96. The van der Waals surface area contributed by atoms with Crippen molar-refractivity contribution in [3.63, 3.8) is 0 Å². The maximum atomic E-state index is 10.3. The Morgan fingerprint density at radius 3 is 2.38 bits per heavy atom. The van der Waals surface area contributed by atoms with Crippen LogP contribution in [0.3, 0.4) is 0 Å². The molecule has 0 saturated heterocycles. The van der Waals surface area contributed by atoms with E-state index < -0.39 is 0 Å². The Bertz CT molecular complexity index is 421. The molecule has 0 spiro atoms. The highest BCUT2D eigenvalue weighted by atomic mass is 16.5. The first-order chi connectivity index (χ1) is 7.81. The number of aldehydes is 1. The van der Waals surface area contributed by atoms with E-state index in [1.807, 2.05) is 30.3 Å². The van der Waals surface area contributed by atoms with Gasteiger partial charge in [-0.15, -0.1) is 0 Å². The Hall–Kier alpha value is -1.90. The molecular formula is C13H15NO2. The van der Waals surface area contributed by atoms with Crippen LogP contribution in [0.15, 0.2) is 40.9 Å². The van der Waals surface area contributed by atoms with E-state index in [9.17, 15) is 4.79 Å². The Labute approximate surface area is 95.1 Å². The molecule has 1 heterocycles. The molecule has 2 aromatic rings. The number of carbonyl (C=O) groups excluding carboxylic acids is 1. The smallest absolute Gasteiger partial charge is 0.171 e. The maximum Gasteiger partial charge on any atom is 0.171 e. The molecule has 2 rings (SSSR count). The molecule has 1 aromatic carbocycles. The summed E-state index contributed by atoms with van der Waals surface area (Å²) in [4.78, 5) is 10.3. The van der Waals surface area contributed by atoms with E-state index >= 15 is 0 Å². The van der Waals surface area contributed by atoms with Crippen molar-refractivity contribution in [2.75, 3.05) is 0 Å². The first-order valence-corrected chi connectivity index (χ1v) is 5.29. The Morgan fingerprint density at radius 1 is 1.25 bits per heavy atom. The second kappa shape index (κ2) is 6.56. The van der Waals surface area contributed by atoms with Gasteiger partial charge in [0.1, 0.15) is 5.69 Å². The highest BCUT2D eigenvalue weighted by molar-refractivity contribution is 5.74. The van der Waals surface area contributed by atoms with Crippen LogP contribution in [0.1, 0.15) is 30.8 Å². The van der Waals surface area contributed by atoms with Gasteiger partial charge in [0.2, 0.25) is 0 Å². The minimum absolute atomic E-state index is 0.318.